The van der Waals surface area contributed by atoms with Crippen LogP contribution in [0.15, 0.2) is 24.4 Å². The predicted octanol–water partition coefficient (Wildman–Crippen LogP) is 1.37. The van der Waals surface area contributed by atoms with E-state index in [1.807, 2.05) is 36.2 Å². The van der Waals surface area contributed by atoms with Crippen LogP contribution in [0.25, 0.3) is 5.82 Å². The van der Waals surface area contributed by atoms with Crippen molar-refractivity contribution in [1.29, 1.82) is 0 Å². The van der Waals surface area contributed by atoms with Crippen LogP contribution >= 0.6 is 0 Å². The highest BCUT2D eigenvalue weighted by molar-refractivity contribution is 7.92. The standard InChI is InChI=1S/C15H21N5O2S/c1-12-6-8-20(18-12)14-5-4-13(16-17-14)19-9-7-15(2,3)23(21,22)11-10-19/h4-6,8H,7,9-11H2,1-3H3. The van der Waals surface area contributed by atoms with Crippen molar-refractivity contribution >= 4 is 15.7 Å². The topological polar surface area (TPSA) is 81.0 Å². The van der Waals surface area contributed by atoms with Crippen molar-refractivity contribution in [2.45, 2.75) is 31.9 Å². The second-order valence-corrected chi connectivity index (χ2v) is 9.21. The quantitative estimate of drug-likeness (QED) is 0.824. The van der Waals surface area contributed by atoms with E-state index in [0.717, 1.165) is 5.69 Å². The Morgan fingerprint density at radius 2 is 1.78 bits per heavy atom. The zero-order valence-electron chi connectivity index (χ0n) is 13.6. The summed E-state index contributed by atoms with van der Waals surface area (Å²) in [6.45, 7) is 6.60. The molecule has 23 heavy (non-hydrogen) atoms. The average molecular weight is 335 g/mol. The summed E-state index contributed by atoms with van der Waals surface area (Å²) in [6.07, 6.45) is 2.41. The molecule has 0 amide bonds. The fourth-order valence-corrected chi connectivity index (χ4v) is 3.97. The SMILES string of the molecule is Cc1ccn(-c2ccc(N3CCC(C)(C)S(=O)(=O)CC3)nn2)n1. The fraction of sp³-hybridized carbons (Fsp3) is 0.533. The van der Waals surface area contributed by atoms with E-state index in [1.165, 1.54) is 0 Å². The maximum Gasteiger partial charge on any atom is 0.175 e. The van der Waals surface area contributed by atoms with Gasteiger partial charge in [-0.05, 0) is 45.4 Å². The number of hydrogen-bond donors (Lipinski definition) is 0. The molecule has 0 unspecified atom stereocenters. The van der Waals surface area contributed by atoms with Crippen LogP contribution in [0, 0.1) is 6.92 Å². The van der Waals surface area contributed by atoms with Crippen molar-refractivity contribution in [2.24, 2.45) is 0 Å². The fourth-order valence-electron chi connectivity index (χ4n) is 2.56. The van der Waals surface area contributed by atoms with Gasteiger partial charge in [0.05, 0.1) is 16.2 Å². The molecular formula is C15H21N5O2S. The van der Waals surface area contributed by atoms with Crippen LogP contribution < -0.4 is 4.90 Å². The Morgan fingerprint density at radius 1 is 1.09 bits per heavy atom. The molecule has 1 saturated heterocycles. The van der Waals surface area contributed by atoms with E-state index < -0.39 is 14.6 Å². The smallest absolute Gasteiger partial charge is 0.175 e. The molecular weight excluding hydrogens is 314 g/mol. The minimum atomic E-state index is -3.09. The Morgan fingerprint density at radius 3 is 2.39 bits per heavy atom. The van der Waals surface area contributed by atoms with Crippen LogP contribution in [0.4, 0.5) is 5.82 Å². The molecule has 1 fully saturated rings. The molecule has 0 spiro atoms. The lowest BCUT2D eigenvalue weighted by atomic mass is 10.1. The highest BCUT2D eigenvalue weighted by atomic mass is 32.2. The number of rotatable bonds is 2. The summed E-state index contributed by atoms with van der Waals surface area (Å²) in [6, 6.07) is 5.61. The maximum absolute atomic E-state index is 12.3. The number of anilines is 1. The van der Waals surface area contributed by atoms with Gasteiger partial charge in [-0.2, -0.15) is 5.10 Å². The van der Waals surface area contributed by atoms with E-state index in [9.17, 15) is 8.42 Å². The number of aryl methyl sites for hydroxylation is 1. The van der Waals surface area contributed by atoms with Crippen molar-refractivity contribution in [2.75, 3.05) is 23.7 Å². The van der Waals surface area contributed by atoms with Gasteiger partial charge in [0.25, 0.3) is 0 Å². The van der Waals surface area contributed by atoms with Crippen LogP contribution in [0.5, 0.6) is 0 Å². The lowest BCUT2D eigenvalue weighted by Gasteiger charge is -2.22. The van der Waals surface area contributed by atoms with Crippen LogP contribution in [-0.4, -0.2) is 52.0 Å². The molecule has 0 atom stereocenters. The van der Waals surface area contributed by atoms with Gasteiger partial charge >= 0.3 is 0 Å². The Balaban J connectivity index is 1.80. The molecule has 7 nitrogen and oxygen atoms in total. The van der Waals surface area contributed by atoms with E-state index in [2.05, 4.69) is 15.3 Å². The minimum absolute atomic E-state index is 0.141. The van der Waals surface area contributed by atoms with Crippen molar-refractivity contribution < 1.29 is 8.42 Å². The van der Waals surface area contributed by atoms with Crippen molar-refractivity contribution in [3.05, 3.63) is 30.1 Å². The van der Waals surface area contributed by atoms with Crippen molar-refractivity contribution in [3.8, 4) is 5.82 Å². The molecule has 0 aromatic carbocycles. The molecule has 0 bridgehead atoms. The van der Waals surface area contributed by atoms with Gasteiger partial charge in [0.15, 0.2) is 21.5 Å². The molecule has 8 heteroatoms. The number of hydrogen-bond acceptors (Lipinski definition) is 6. The third-order valence-corrected chi connectivity index (χ3v) is 6.98. The maximum atomic E-state index is 12.3. The number of nitrogens with zero attached hydrogens (tertiary/aromatic N) is 5. The van der Waals surface area contributed by atoms with Crippen LogP contribution in [0.2, 0.25) is 0 Å². The molecule has 0 saturated carbocycles. The lowest BCUT2D eigenvalue weighted by Crippen LogP contribution is -2.33. The summed E-state index contributed by atoms with van der Waals surface area (Å²) in [7, 11) is -3.09. The van der Waals surface area contributed by atoms with Gasteiger partial charge in [-0.15, -0.1) is 10.2 Å². The molecule has 3 rings (SSSR count). The van der Waals surface area contributed by atoms with Gasteiger partial charge < -0.3 is 4.90 Å². The summed E-state index contributed by atoms with van der Waals surface area (Å²) in [5.41, 5.74) is 0.913. The number of sulfone groups is 1. The van der Waals surface area contributed by atoms with Crippen molar-refractivity contribution in [3.63, 3.8) is 0 Å². The summed E-state index contributed by atoms with van der Waals surface area (Å²) in [5.74, 6) is 1.48. The summed E-state index contributed by atoms with van der Waals surface area (Å²) in [4.78, 5) is 1.98. The van der Waals surface area contributed by atoms with Crippen LogP contribution in [-0.2, 0) is 9.84 Å². The average Bonchev–Trinajstić information content (AvgIpc) is 2.89. The van der Waals surface area contributed by atoms with Gasteiger partial charge in [-0.25, -0.2) is 13.1 Å². The monoisotopic (exact) mass is 335 g/mol. The lowest BCUT2D eigenvalue weighted by molar-refractivity contribution is 0.538. The molecule has 124 valence electrons. The molecule has 0 aliphatic carbocycles. The molecule has 0 radical (unpaired) electrons. The second-order valence-electron chi connectivity index (χ2n) is 6.47. The zero-order chi connectivity index (χ0) is 16.7. The Labute approximate surface area is 136 Å². The molecule has 3 heterocycles. The van der Waals surface area contributed by atoms with Gasteiger partial charge in [0, 0.05) is 19.3 Å². The zero-order valence-corrected chi connectivity index (χ0v) is 14.4. The van der Waals surface area contributed by atoms with E-state index in [-0.39, 0.29) is 5.75 Å². The molecule has 2 aromatic heterocycles. The summed E-state index contributed by atoms with van der Waals surface area (Å²) < 4.78 is 25.5. The van der Waals surface area contributed by atoms with Crippen LogP contribution in [0.1, 0.15) is 26.0 Å². The van der Waals surface area contributed by atoms with Crippen molar-refractivity contribution in [1.82, 2.24) is 20.0 Å². The third kappa shape index (κ3) is 3.08. The second kappa shape index (κ2) is 5.59. The first kappa shape index (κ1) is 15.9. The highest BCUT2D eigenvalue weighted by Crippen LogP contribution is 2.26. The normalized spacial score (nSPS) is 20.2. The highest BCUT2D eigenvalue weighted by Gasteiger charge is 2.37. The first-order valence-electron chi connectivity index (χ1n) is 7.62. The summed E-state index contributed by atoms with van der Waals surface area (Å²) in [5, 5.41) is 12.7. The van der Waals surface area contributed by atoms with E-state index in [1.54, 1.807) is 18.5 Å². The minimum Gasteiger partial charge on any atom is -0.354 e. The molecule has 0 N–H and O–H groups in total. The van der Waals surface area contributed by atoms with Gasteiger partial charge in [0.2, 0.25) is 0 Å². The van der Waals surface area contributed by atoms with E-state index >= 15 is 0 Å². The molecule has 1 aliphatic heterocycles. The van der Waals surface area contributed by atoms with Gasteiger partial charge in [-0.1, -0.05) is 0 Å². The third-order valence-electron chi connectivity index (χ3n) is 4.37. The molecule has 1 aliphatic rings. The Hall–Kier alpha value is -1.96. The van der Waals surface area contributed by atoms with E-state index in [4.69, 9.17) is 0 Å². The van der Waals surface area contributed by atoms with Gasteiger partial charge in [0.1, 0.15) is 0 Å². The predicted molar refractivity (Wildman–Crippen MR) is 88.6 cm³/mol. The first-order valence-corrected chi connectivity index (χ1v) is 9.27. The summed E-state index contributed by atoms with van der Waals surface area (Å²) >= 11 is 0. The Kier molecular flexibility index (Phi) is 3.87. The largest absolute Gasteiger partial charge is 0.354 e. The Bertz CT molecular complexity index is 796. The van der Waals surface area contributed by atoms with E-state index in [0.29, 0.717) is 31.1 Å². The number of aromatic nitrogens is 4. The van der Waals surface area contributed by atoms with Gasteiger partial charge in [-0.3, -0.25) is 0 Å². The molecule has 2 aromatic rings. The van der Waals surface area contributed by atoms with Crippen LogP contribution in [0.3, 0.4) is 0 Å². The first-order chi connectivity index (χ1) is 10.8.